The second-order valence-corrected chi connectivity index (χ2v) is 11.1. The second kappa shape index (κ2) is 14.7. The number of amides is 2. The lowest BCUT2D eigenvalue weighted by atomic mass is 10.1. The lowest BCUT2D eigenvalue weighted by Gasteiger charge is -2.32. The van der Waals surface area contributed by atoms with Crippen molar-refractivity contribution in [2.75, 3.05) is 23.7 Å². The summed E-state index contributed by atoms with van der Waals surface area (Å²) in [6.45, 7) is 8.09. The number of halogens is 1. The van der Waals surface area contributed by atoms with Crippen LogP contribution in [-0.2, 0) is 26.2 Å². The van der Waals surface area contributed by atoms with Gasteiger partial charge < -0.3 is 15.0 Å². The van der Waals surface area contributed by atoms with Gasteiger partial charge >= 0.3 is 0 Å². The molecule has 0 aliphatic heterocycles. The first-order chi connectivity index (χ1) is 18.0. The van der Waals surface area contributed by atoms with Crippen LogP contribution in [-0.4, -0.2) is 56.6 Å². The fraction of sp³-hybridized carbons (Fsp3) is 0.500. The molecule has 0 fully saturated rings. The van der Waals surface area contributed by atoms with E-state index >= 15 is 0 Å². The number of rotatable bonds is 15. The van der Waals surface area contributed by atoms with Crippen LogP contribution >= 0.6 is 0 Å². The van der Waals surface area contributed by atoms with Crippen molar-refractivity contribution in [1.82, 2.24) is 10.2 Å². The van der Waals surface area contributed by atoms with Crippen molar-refractivity contribution in [3.63, 3.8) is 0 Å². The summed E-state index contributed by atoms with van der Waals surface area (Å²) in [5.41, 5.74) is 1.10. The third-order valence-electron chi connectivity index (χ3n) is 6.24. The molecule has 0 aromatic heterocycles. The molecule has 210 valence electrons. The topological polar surface area (TPSA) is 96.0 Å². The molecule has 1 N–H and O–H groups in total. The van der Waals surface area contributed by atoms with E-state index < -0.39 is 16.1 Å². The van der Waals surface area contributed by atoms with E-state index in [0.29, 0.717) is 30.0 Å². The summed E-state index contributed by atoms with van der Waals surface area (Å²) in [6.07, 6.45) is 2.52. The quantitative estimate of drug-likeness (QED) is 0.353. The van der Waals surface area contributed by atoms with E-state index in [9.17, 15) is 22.4 Å². The molecule has 0 spiro atoms. The SMILES string of the molecule is CCOc1ccccc1N(CCCC(=O)N(Cc1ccc(F)cc1)C(CC)C(=O)NC(C)CC)S(C)(=O)=O. The Morgan fingerprint density at radius 2 is 1.68 bits per heavy atom. The van der Waals surface area contributed by atoms with Gasteiger partial charge in [0.2, 0.25) is 21.8 Å². The van der Waals surface area contributed by atoms with Crippen LogP contribution in [0.5, 0.6) is 5.75 Å². The molecule has 0 bridgehead atoms. The summed E-state index contributed by atoms with van der Waals surface area (Å²) in [6, 6.07) is 11.9. The van der Waals surface area contributed by atoms with Crippen LogP contribution in [0.15, 0.2) is 48.5 Å². The van der Waals surface area contributed by atoms with Gasteiger partial charge in [0.15, 0.2) is 0 Å². The number of carbonyl (C=O) groups excluding carboxylic acids is 2. The predicted octanol–water partition coefficient (Wildman–Crippen LogP) is 4.49. The molecule has 0 radical (unpaired) electrons. The van der Waals surface area contributed by atoms with Crippen LogP contribution < -0.4 is 14.4 Å². The normalized spacial score (nSPS) is 12.9. The summed E-state index contributed by atoms with van der Waals surface area (Å²) >= 11 is 0. The van der Waals surface area contributed by atoms with Gasteiger partial charge in [0.25, 0.3) is 0 Å². The summed E-state index contributed by atoms with van der Waals surface area (Å²) in [7, 11) is -3.65. The first kappa shape index (κ1) is 31.1. The summed E-state index contributed by atoms with van der Waals surface area (Å²) in [4.78, 5) is 28.1. The first-order valence-electron chi connectivity index (χ1n) is 13.1. The predicted molar refractivity (Wildman–Crippen MR) is 148 cm³/mol. The third-order valence-corrected chi connectivity index (χ3v) is 7.42. The van der Waals surface area contributed by atoms with E-state index in [1.54, 1.807) is 36.4 Å². The van der Waals surface area contributed by atoms with Crippen LogP contribution in [0.2, 0.25) is 0 Å². The zero-order valence-electron chi connectivity index (χ0n) is 22.9. The van der Waals surface area contributed by atoms with Gasteiger partial charge in [-0.2, -0.15) is 0 Å². The molecule has 2 unspecified atom stereocenters. The highest BCUT2D eigenvalue weighted by molar-refractivity contribution is 7.92. The fourth-order valence-corrected chi connectivity index (χ4v) is 5.04. The van der Waals surface area contributed by atoms with Crippen molar-refractivity contribution < 1.29 is 27.1 Å². The van der Waals surface area contributed by atoms with Gasteiger partial charge in [0.05, 0.1) is 18.6 Å². The van der Waals surface area contributed by atoms with Crippen molar-refractivity contribution in [2.45, 2.75) is 72.0 Å². The van der Waals surface area contributed by atoms with E-state index in [0.717, 1.165) is 12.7 Å². The number of hydrogen-bond acceptors (Lipinski definition) is 5. The Morgan fingerprint density at radius 3 is 2.26 bits per heavy atom. The highest BCUT2D eigenvalue weighted by Gasteiger charge is 2.29. The molecule has 0 saturated carbocycles. The Morgan fingerprint density at radius 1 is 1.03 bits per heavy atom. The molecule has 2 amide bonds. The second-order valence-electron chi connectivity index (χ2n) is 9.23. The molecule has 2 aromatic rings. The van der Waals surface area contributed by atoms with Crippen LogP contribution in [0.1, 0.15) is 58.9 Å². The maximum atomic E-state index is 13.5. The van der Waals surface area contributed by atoms with E-state index in [1.807, 2.05) is 27.7 Å². The molecule has 0 heterocycles. The maximum Gasteiger partial charge on any atom is 0.243 e. The number of para-hydroxylation sites is 2. The van der Waals surface area contributed by atoms with Gasteiger partial charge in [-0.25, -0.2) is 12.8 Å². The van der Waals surface area contributed by atoms with Crippen LogP contribution in [0.25, 0.3) is 0 Å². The van der Waals surface area contributed by atoms with Crippen molar-refractivity contribution in [1.29, 1.82) is 0 Å². The largest absolute Gasteiger partial charge is 0.492 e. The highest BCUT2D eigenvalue weighted by atomic mass is 32.2. The molecule has 38 heavy (non-hydrogen) atoms. The monoisotopic (exact) mass is 549 g/mol. The van der Waals surface area contributed by atoms with Gasteiger partial charge in [0, 0.05) is 25.6 Å². The number of ether oxygens (including phenoxy) is 1. The molecular weight excluding hydrogens is 509 g/mol. The summed E-state index contributed by atoms with van der Waals surface area (Å²) in [5, 5.41) is 2.95. The van der Waals surface area contributed by atoms with Crippen LogP contribution in [0, 0.1) is 5.82 Å². The molecule has 0 aliphatic rings. The summed E-state index contributed by atoms with van der Waals surface area (Å²) in [5.74, 6) is -0.480. The number of benzene rings is 2. The first-order valence-corrected chi connectivity index (χ1v) is 14.9. The van der Waals surface area contributed by atoms with Crippen molar-refractivity contribution >= 4 is 27.5 Å². The molecule has 8 nitrogen and oxygen atoms in total. The molecule has 0 saturated heterocycles. The zero-order chi connectivity index (χ0) is 28.3. The molecule has 2 aromatic carbocycles. The van der Waals surface area contributed by atoms with Crippen molar-refractivity contribution in [3.8, 4) is 5.75 Å². The number of carbonyl (C=O) groups is 2. The number of hydrogen-bond donors (Lipinski definition) is 1. The Hall–Kier alpha value is -3.14. The van der Waals surface area contributed by atoms with E-state index in [1.165, 1.54) is 21.3 Å². The maximum absolute atomic E-state index is 13.5. The van der Waals surface area contributed by atoms with E-state index in [2.05, 4.69) is 5.32 Å². The van der Waals surface area contributed by atoms with Gasteiger partial charge in [0.1, 0.15) is 17.6 Å². The molecule has 2 atom stereocenters. The number of anilines is 1. The minimum absolute atomic E-state index is 0.0249. The van der Waals surface area contributed by atoms with Gasteiger partial charge in [-0.3, -0.25) is 13.9 Å². The Bertz CT molecular complexity index is 1160. The average Bonchev–Trinajstić information content (AvgIpc) is 2.87. The van der Waals surface area contributed by atoms with Crippen molar-refractivity contribution in [2.24, 2.45) is 0 Å². The molecule has 0 aliphatic carbocycles. The van der Waals surface area contributed by atoms with Crippen LogP contribution in [0.3, 0.4) is 0 Å². The van der Waals surface area contributed by atoms with E-state index in [4.69, 9.17) is 4.74 Å². The lowest BCUT2D eigenvalue weighted by molar-refractivity contribution is -0.141. The Kier molecular flexibility index (Phi) is 12.0. The van der Waals surface area contributed by atoms with Gasteiger partial charge in [-0.1, -0.05) is 38.1 Å². The number of nitrogens with zero attached hydrogens (tertiary/aromatic N) is 2. The third kappa shape index (κ3) is 9.01. The average molecular weight is 550 g/mol. The standard InChI is InChI=1S/C28H40FN3O5S/c1-6-21(4)30-28(34)24(7-2)31(20-22-15-17-23(29)18-16-22)27(33)14-11-19-32(38(5,35)36)25-12-9-10-13-26(25)37-8-3/h9-10,12-13,15-18,21,24H,6-8,11,14,19-20H2,1-5H3,(H,30,34). The van der Waals surface area contributed by atoms with E-state index in [-0.39, 0.29) is 49.6 Å². The highest BCUT2D eigenvalue weighted by Crippen LogP contribution is 2.30. The number of nitrogens with one attached hydrogen (secondary N) is 1. The molecule has 10 heteroatoms. The van der Waals surface area contributed by atoms with Crippen LogP contribution in [0.4, 0.5) is 10.1 Å². The Balaban J connectivity index is 2.25. The molecular formula is C28H40FN3O5S. The number of sulfonamides is 1. The lowest BCUT2D eigenvalue weighted by Crippen LogP contribution is -2.50. The Labute approximate surface area is 226 Å². The van der Waals surface area contributed by atoms with Gasteiger partial charge in [-0.15, -0.1) is 0 Å². The smallest absolute Gasteiger partial charge is 0.243 e. The minimum Gasteiger partial charge on any atom is -0.492 e. The minimum atomic E-state index is -3.65. The zero-order valence-corrected chi connectivity index (χ0v) is 23.8. The van der Waals surface area contributed by atoms with Gasteiger partial charge in [-0.05, 0) is 62.9 Å². The fourth-order valence-electron chi connectivity index (χ4n) is 4.07. The summed E-state index contributed by atoms with van der Waals surface area (Å²) < 4.78 is 45.6. The molecule has 2 rings (SSSR count). The van der Waals surface area contributed by atoms with Crippen molar-refractivity contribution in [3.05, 3.63) is 59.9 Å².